The van der Waals surface area contributed by atoms with Gasteiger partial charge in [-0.1, -0.05) is 12.6 Å². The van der Waals surface area contributed by atoms with E-state index in [0.717, 1.165) is 37.7 Å². The van der Waals surface area contributed by atoms with E-state index in [-0.39, 0.29) is 41.2 Å². The first kappa shape index (κ1) is 21.6. The molecule has 1 aliphatic heterocycles. The Balaban J connectivity index is 1.68. The monoisotopic (exact) mass is 439 g/mol. The zero-order valence-electron chi connectivity index (χ0n) is 17.3. The summed E-state index contributed by atoms with van der Waals surface area (Å²) in [7, 11) is 0. The van der Waals surface area contributed by atoms with E-state index < -0.39 is 11.6 Å². The van der Waals surface area contributed by atoms with Crippen molar-refractivity contribution in [3.05, 3.63) is 71.2 Å². The van der Waals surface area contributed by atoms with Crippen molar-refractivity contribution in [3.8, 4) is 5.75 Å². The molecule has 1 aromatic carbocycles. The summed E-state index contributed by atoms with van der Waals surface area (Å²) in [5.41, 5.74) is 1.08. The van der Waals surface area contributed by atoms with Gasteiger partial charge in [0.25, 0.3) is 5.91 Å². The van der Waals surface area contributed by atoms with E-state index in [0.29, 0.717) is 17.8 Å². The third kappa shape index (κ3) is 4.24. The molecule has 0 radical (unpaired) electrons. The summed E-state index contributed by atoms with van der Waals surface area (Å²) >= 11 is 0. The van der Waals surface area contributed by atoms with Crippen LogP contribution in [0.5, 0.6) is 5.75 Å². The molecular weight excluding hydrogens is 416 g/mol. The molecule has 1 atom stereocenters. The van der Waals surface area contributed by atoms with Crippen LogP contribution in [-0.2, 0) is 6.61 Å². The summed E-state index contributed by atoms with van der Waals surface area (Å²) in [4.78, 5) is 17.4. The molecule has 1 fully saturated rings. The fraction of sp³-hybridized carbons (Fsp3) is 0.261. The first-order valence-corrected chi connectivity index (χ1v) is 10.3. The van der Waals surface area contributed by atoms with Gasteiger partial charge < -0.3 is 20.8 Å². The number of nitrogens with one attached hydrogen (secondary N) is 3. The number of halogens is 2. The Labute approximate surface area is 183 Å². The Bertz CT molecular complexity index is 1160. The molecule has 7 nitrogen and oxygen atoms in total. The molecule has 1 aliphatic rings. The van der Waals surface area contributed by atoms with Crippen LogP contribution in [0, 0.1) is 17.0 Å². The minimum Gasteiger partial charge on any atom is -0.485 e. The highest BCUT2D eigenvalue weighted by Gasteiger charge is 2.23. The molecule has 32 heavy (non-hydrogen) atoms. The van der Waals surface area contributed by atoms with Gasteiger partial charge in [0.15, 0.2) is 11.4 Å². The Morgan fingerprint density at radius 3 is 2.84 bits per heavy atom. The number of aromatic nitrogens is 2. The molecule has 1 amide bonds. The van der Waals surface area contributed by atoms with Crippen LogP contribution >= 0.6 is 0 Å². The highest BCUT2D eigenvalue weighted by molar-refractivity contribution is 5.97. The molecule has 0 bridgehead atoms. The summed E-state index contributed by atoms with van der Waals surface area (Å²) in [5.74, 6) is -1.59. The topological polar surface area (TPSA) is 91.5 Å². The Hall–Kier alpha value is -3.59. The highest BCUT2D eigenvalue weighted by Crippen LogP contribution is 2.26. The first-order chi connectivity index (χ1) is 15.5. The largest absolute Gasteiger partial charge is 0.485 e. The molecular formula is C23H23F2N5O2. The standard InChI is InChI=1S/C23H23F2N5O2/c1-2-19-21(23(31)28-11-15-5-4-8-27-15)30-12-14(10-26)9-20(22(30)29-19)32-13-16-17(24)6-3-7-18(16)25/h2-3,6-7,9-10,12,15,26-27H,1,4-5,8,11,13H2,(H,28,31)/t15-/m1/s1. The van der Waals surface area contributed by atoms with Crippen molar-refractivity contribution >= 4 is 23.8 Å². The molecule has 3 heterocycles. The zero-order chi connectivity index (χ0) is 22.7. The van der Waals surface area contributed by atoms with Gasteiger partial charge in [-0.2, -0.15) is 0 Å². The van der Waals surface area contributed by atoms with Crippen LogP contribution in [0.25, 0.3) is 11.7 Å². The number of hydrogen-bond acceptors (Lipinski definition) is 5. The van der Waals surface area contributed by atoms with Gasteiger partial charge in [-0.15, -0.1) is 0 Å². The van der Waals surface area contributed by atoms with E-state index >= 15 is 0 Å². The minimum atomic E-state index is -0.722. The molecule has 166 valence electrons. The van der Waals surface area contributed by atoms with Crippen LogP contribution in [0.3, 0.4) is 0 Å². The van der Waals surface area contributed by atoms with Crippen LogP contribution < -0.4 is 15.4 Å². The van der Waals surface area contributed by atoms with Crippen LogP contribution in [0.1, 0.15) is 40.2 Å². The second kappa shape index (κ2) is 9.27. The lowest BCUT2D eigenvalue weighted by Gasteiger charge is -2.13. The number of pyridine rings is 1. The molecule has 0 unspecified atom stereocenters. The third-order valence-electron chi connectivity index (χ3n) is 5.41. The van der Waals surface area contributed by atoms with Crippen LogP contribution in [-0.4, -0.2) is 40.6 Å². The minimum absolute atomic E-state index is 0.188. The second-order valence-corrected chi connectivity index (χ2v) is 7.52. The molecule has 2 aromatic heterocycles. The number of amides is 1. The van der Waals surface area contributed by atoms with Crippen LogP contribution in [0.4, 0.5) is 8.78 Å². The van der Waals surface area contributed by atoms with Gasteiger partial charge in [0.2, 0.25) is 0 Å². The normalized spacial score (nSPS) is 15.6. The van der Waals surface area contributed by atoms with Crippen molar-refractivity contribution < 1.29 is 18.3 Å². The van der Waals surface area contributed by atoms with Gasteiger partial charge in [0, 0.05) is 30.6 Å². The number of carbonyl (C=O) groups excluding carboxylic acids is 1. The zero-order valence-corrected chi connectivity index (χ0v) is 17.3. The van der Waals surface area contributed by atoms with E-state index in [2.05, 4.69) is 22.2 Å². The lowest BCUT2D eigenvalue weighted by molar-refractivity contribution is 0.0944. The Kier molecular flexibility index (Phi) is 6.27. The van der Waals surface area contributed by atoms with Crippen LogP contribution in [0.2, 0.25) is 0 Å². The second-order valence-electron chi connectivity index (χ2n) is 7.52. The fourth-order valence-electron chi connectivity index (χ4n) is 3.76. The summed E-state index contributed by atoms with van der Waals surface area (Å²) in [6.45, 7) is 4.77. The van der Waals surface area contributed by atoms with Crippen molar-refractivity contribution in [1.82, 2.24) is 20.0 Å². The number of nitrogens with zero attached hydrogens (tertiary/aromatic N) is 2. The van der Waals surface area contributed by atoms with Gasteiger partial charge in [-0.3, -0.25) is 9.20 Å². The van der Waals surface area contributed by atoms with Gasteiger partial charge >= 0.3 is 0 Å². The maximum atomic E-state index is 14.0. The molecule has 4 rings (SSSR count). The number of ether oxygens (including phenoxy) is 1. The average Bonchev–Trinajstić information content (AvgIpc) is 3.44. The smallest absolute Gasteiger partial charge is 0.270 e. The van der Waals surface area contributed by atoms with Crippen molar-refractivity contribution in [2.75, 3.05) is 13.1 Å². The lowest BCUT2D eigenvalue weighted by Crippen LogP contribution is -2.37. The highest BCUT2D eigenvalue weighted by atomic mass is 19.1. The van der Waals surface area contributed by atoms with Crippen LogP contribution in [0.15, 0.2) is 37.0 Å². The number of carbonyl (C=O) groups is 1. The van der Waals surface area contributed by atoms with E-state index in [1.807, 2.05) is 0 Å². The number of rotatable bonds is 8. The van der Waals surface area contributed by atoms with Crippen molar-refractivity contribution in [1.29, 1.82) is 5.41 Å². The van der Waals surface area contributed by atoms with Crippen molar-refractivity contribution in [2.24, 2.45) is 0 Å². The molecule has 0 saturated carbocycles. The predicted molar refractivity (Wildman–Crippen MR) is 117 cm³/mol. The van der Waals surface area contributed by atoms with E-state index in [1.165, 1.54) is 22.6 Å². The summed E-state index contributed by atoms with van der Waals surface area (Å²) < 4.78 is 35.2. The molecule has 0 aliphatic carbocycles. The van der Waals surface area contributed by atoms with E-state index in [4.69, 9.17) is 10.1 Å². The van der Waals surface area contributed by atoms with Crippen molar-refractivity contribution in [2.45, 2.75) is 25.5 Å². The summed E-state index contributed by atoms with van der Waals surface area (Å²) in [6, 6.07) is 5.33. The quantitative estimate of drug-likeness (QED) is 0.470. The fourth-order valence-corrected chi connectivity index (χ4v) is 3.76. The van der Waals surface area contributed by atoms with Gasteiger partial charge in [-0.05, 0) is 43.7 Å². The Morgan fingerprint density at radius 2 is 2.19 bits per heavy atom. The number of fused-ring (bicyclic) bond motifs is 1. The van der Waals surface area contributed by atoms with E-state index in [9.17, 15) is 13.6 Å². The lowest BCUT2D eigenvalue weighted by atomic mass is 10.2. The summed E-state index contributed by atoms with van der Waals surface area (Å²) in [6.07, 6.45) is 6.19. The number of imidazole rings is 1. The third-order valence-corrected chi connectivity index (χ3v) is 5.41. The predicted octanol–water partition coefficient (Wildman–Crippen LogP) is 3.31. The Morgan fingerprint density at radius 1 is 1.41 bits per heavy atom. The average molecular weight is 439 g/mol. The maximum Gasteiger partial charge on any atom is 0.270 e. The van der Waals surface area contributed by atoms with Crippen molar-refractivity contribution in [3.63, 3.8) is 0 Å². The van der Waals surface area contributed by atoms with E-state index in [1.54, 1.807) is 6.20 Å². The maximum absolute atomic E-state index is 14.0. The molecule has 9 heteroatoms. The van der Waals surface area contributed by atoms with Gasteiger partial charge in [-0.25, -0.2) is 13.8 Å². The first-order valence-electron chi connectivity index (χ1n) is 10.3. The molecule has 0 spiro atoms. The summed E-state index contributed by atoms with van der Waals surface area (Å²) in [5, 5.41) is 13.9. The number of benzene rings is 1. The molecule has 3 N–H and O–H groups in total. The molecule has 1 saturated heterocycles. The SMILES string of the molecule is C=Cc1nc2c(OCc3c(F)cccc3F)cc(C=N)cn2c1C(=O)NC[C@H]1CCCN1. The van der Waals surface area contributed by atoms with Gasteiger partial charge in [0.05, 0.1) is 11.3 Å². The van der Waals surface area contributed by atoms with Gasteiger partial charge in [0.1, 0.15) is 23.9 Å². The number of hydrogen-bond donors (Lipinski definition) is 3. The molecule has 3 aromatic rings.